The molecule has 0 saturated carbocycles. The maximum absolute atomic E-state index is 9.67. The molecule has 6 heteroatoms. The lowest BCUT2D eigenvalue weighted by atomic mass is 11.6. The van der Waals surface area contributed by atoms with Gasteiger partial charge in [0.1, 0.15) is 0 Å². The maximum Gasteiger partial charge on any atom is 0.569 e. The van der Waals surface area contributed by atoms with Crippen molar-refractivity contribution in [3.8, 4) is 0 Å². The van der Waals surface area contributed by atoms with Crippen LogP contribution in [0, 0.1) is 9.81 Å². The van der Waals surface area contributed by atoms with Gasteiger partial charge in [0.2, 0.25) is 9.81 Å². The Bertz CT molecular complexity index is 55.2. The highest BCUT2D eigenvalue weighted by atomic mass is 19.4. The van der Waals surface area contributed by atoms with Gasteiger partial charge in [-0.3, -0.25) is 0 Å². The summed E-state index contributed by atoms with van der Waals surface area (Å²) in [6.07, 6.45) is 0. The largest absolute Gasteiger partial charge is 0.569 e. The fraction of sp³-hybridized carbons (Fsp3) is 1.00. The Kier molecular flexibility index (Phi) is 12.0. The molecule has 7 heavy (non-hydrogen) atoms. The molecule has 0 spiro atoms. The van der Waals surface area contributed by atoms with Crippen LogP contribution < -0.4 is 5.04 Å². The molecule has 0 fully saturated rings. The van der Waals surface area contributed by atoms with Gasteiger partial charge in [-0.15, -0.1) is 0 Å². The zero-order valence-corrected chi connectivity index (χ0v) is 2.97. The molecule has 0 N–H and O–H groups in total. The second kappa shape index (κ2) is 8.92. The first kappa shape index (κ1) is 9.44. The molecule has 42 valence electrons. The van der Waals surface area contributed by atoms with Crippen molar-refractivity contribution >= 4 is 0 Å². The summed E-state index contributed by atoms with van der Waals surface area (Å²) in [6.45, 7) is -3.67. The molecule has 0 saturated heterocycles. The van der Waals surface area contributed by atoms with E-state index in [2.05, 4.69) is 0 Å². The SMILES string of the molecule is FC(F)F.O=[N+]=O. The molecule has 0 aromatic rings. The van der Waals surface area contributed by atoms with E-state index < -0.39 is 6.68 Å². The smallest absolute Gasteiger partial charge is 0.174 e. The van der Waals surface area contributed by atoms with E-state index in [-0.39, 0.29) is 0 Å². The molecule has 0 heterocycles. The van der Waals surface area contributed by atoms with Crippen molar-refractivity contribution in [1.29, 1.82) is 0 Å². The molecule has 0 aromatic heterocycles. The molecule has 0 atom stereocenters. The molecule has 0 aliphatic rings. The fourth-order valence-electron chi connectivity index (χ4n) is 0. The van der Waals surface area contributed by atoms with E-state index in [1.165, 1.54) is 0 Å². The molecule has 0 aliphatic carbocycles. The molecular weight excluding hydrogens is 115 g/mol. The minimum Gasteiger partial charge on any atom is -0.174 e. The van der Waals surface area contributed by atoms with Gasteiger partial charge >= 0.3 is 11.7 Å². The molecule has 0 radical (unpaired) electrons. The third kappa shape index (κ3) is 60.5. The lowest BCUT2D eigenvalue weighted by Gasteiger charge is -1.65. The van der Waals surface area contributed by atoms with E-state index in [1.807, 2.05) is 0 Å². The summed E-state index contributed by atoms with van der Waals surface area (Å²) in [5, 5.41) is 1.00. The molecule has 0 bridgehead atoms. The summed E-state index contributed by atoms with van der Waals surface area (Å²) >= 11 is 0. The standard InChI is InChI=1S/CHF3.NO2/c2-1(3)4;2-1-3/h1H;/q;+1. The van der Waals surface area contributed by atoms with Gasteiger partial charge in [-0.25, -0.2) is 0 Å². The van der Waals surface area contributed by atoms with Gasteiger partial charge in [0.15, 0.2) is 0 Å². The van der Waals surface area contributed by atoms with E-state index in [1.54, 1.807) is 0 Å². The fourth-order valence-corrected chi connectivity index (χ4v) is 0. The van der Waals surface area contributed by atoms with Crippen molar-refractivity contribution in [1.82, 2.24) is 5.04 Å². The van der Waals surface area contributed by atoms with Crippen molar-refractivity contribution in [2.75, 3.05) is 0 Å². The van der Waals surface area contributed by atoms with Crippen LogP contribution >= 0.6 is 0 Å². The molecule has 0 amide bonds. The van der Waals surface area contributed by atoms with Crippen LogP contribution in [0.4, 0.5) is 13.2 Å². The predicted molar refractivity (Wildman–Crippen MR) is 16.0 cm³/mol. The Balaban J connectivity index is 0. The summed E-state index contributed by atoms with van der Waals surface area (Å²) in [7, 11) is 0. The summed E-state index contributed by atoms with van der Waals surface area (Å²) in [5.74, 6) is 0. The van der Waals surface area contributed by atoms with Crippen LogP contribution in [0.3, 0.4) is 0 Å². The number of rotatable bonds is 0. The Hall–Kier alpha value is -0.900. The number of hydrogen-bond acceptors (Lipinski definition) is 2. The topological polar surface area (TPSA) is 48.2 Å². The van der Waals surface area contributed by atoms with E-state index in [4.69, 9.17) is 9.81 Å². The highest BCUT2D eigenvalue weighted by Crippen LogP contribution is 1.87. The van der Waals surface area contributed by atoms with Gasteiger partial charge in [0.05, 0.1) is 0 Å². The Morgan fingerprint density at radius 1 is 1.14 bits per heavy atom. The van der Waals surface area contributed by atoms with Crippen molar-refractivity contribution < 1.29 is 13.2 Å². The van der Waals surface area contributed by atoms with Crippen molar-refractivity contribution in [3.05, 3.63) is 9.81 Å². The zero-order chi connectivity index (χ0) is 6.28. The Labute approximate surface area is 36.1 Å². The van der Waals surface area contributed by atoms with Gasteiger partial charge in [-0.2, -0.15) is 13.2 Å². The van der Waals surface area contributed by atoms with Gasteiger partial charge in [0, 0.05) is 0 Å². The molecule has 0 rings (SSSR count). The number of hydrogen-bond donors (Lipinski definition) is 0. The average Bonchev–Trinajstić information content (AvgIpc) is 1.33. The predicted octanol–water partition coefficient (Wildman–Crippen LogP) is 0.765. The Morgan fingerprint density at radius 3 is 1.14 bits per heavy atom. The summed E-state index contributed by atoms with van der Waals surface area (Å²) in [5.41, 5.74) is 0. The lowest BCUT2D eigenvalue weighted by Crippen LogP contribution is -1.65. The first-order valence-corrected chi connectivity index (χ1v) is 1.02. The monoisotopic (exact) mass is 116 g/mol. The third-order valence-corrected chi connectivity index (χ3v) is 0. The minimum absolute atomic E-state index is 1.00. The number of alkyl halides is 3. The quantitative estimate of drug-likeness (QED) is 0.438. The first-order valence-electron chi connectivity index (χ1n) is 1.02. The van der Waals surface area contributed by atoms with Crippen LogP contribution in [0.15, 0.2) is 0 Å². The van der Waals surface area contributed by atoms with Crippen LogP contribution in [-0.4, -0.2) is 6.68 Å². The molecule has 0 unspecified atom stereocenters. The Morgan fingerprint density at radius 2 is 1.14 bits per heavy atom. The molecular formula is CHF3NO2+. The minimum atomic E-state index is -3.67. The molecule has 0 aliphatic heterocycles. The van der Waals surface area contributed by atoms with Crippen molar-refractivity contribution in [3.63, 3.8) is 0 Å². The number of halogens is 3. The molecule has 3 nitrogen and oxygen atoms in total. The second-order valence-electron chi connectivity index (χ2n) is 0.322. The highest BCUT2D eigenvalue weighted by molar-refractivity contribution is 3.93. The second-order valence-corrected chi connectivity index (χ2v) is 0.322. The number of nitrogens with zero attached hydrogens (tertiary/aromatic N) is 1. The maximum atomic E-state index is 9.67. The van der Waals surface area contributed by atoms with Gasteiger partial charge in [-0.1, -0.05) is 0 Å². The summed E-state index contributed by atoms with van der Waals surface area (Å²) in [6, 6.07) is 0. The van der Waals surface area contributed by atoms with Crippen LogP contribution in [-0.2, 0) is 0 Å². The van der Waals surface area contributed by atoms with Crippen LogP contribution in [0.25, 0.3) is 0 Å². The normalized spacial score (nSPS) is 6.29. The van der Waals surface area contributed by atoms with Crippen LogP contribution in [0.2, 0.25) is 0 Å². The lowest BCUT2D eigenvalue weighted by molar-refractivity contribution is 0.00819. The van der Waals surface area contributed by atoms with Gasteiger partial charge in [-0.05, 0) is 0 Å². The van der Waals surface area contributed by atoms with E-state index in [0.717, 1.165) is 5.04 Å². The summed E-state index contributed by atoms with van der Waals surface area (Å²) in [4.78, 5) is 16.0. The van der Waals surface area contributed by atoms with Crippen LogP contribution in [0.1, 0.15) is 0 Å². The van der Waals surface area contributed by atoms with Crippen LogP contribution in [0.5, 0.6) is 0 Å². The zero-order valence-electron chi connectivity index (χ0n) is 2.97. The summed E-state index contributed by atoms with van der Waals surface area (Å²) < 4.78 is 29.0. The van der Waals surface area contributed by atoms with E-state index in [9.17, 15) is 13.2 Å². The highest BCUT2D eigenvalue weighted by Gasteiger charge is 1.86. The van der Waals surface area contributed by atoms with Gasteiger partial charge in [0.25, 0.3) is 0 Å². The molecule has 0 aromatic carbocycles. The third-order valence-electron chi connectivity index (χ3n) is 0. The van der Waals surface area contributed by atoms with E-state index >= 15 is 0 Å². The average molecular weight is 116 g/mol. The van der Waals surface area contributed by atoms with Gasteiger partial charge < -0.3 is 0 Å². The number of nitroso groups, excluding NO2 is 2. The first-order chi connectivity index (χ1) is 3.15. The van der Waals surface area contributed by atoms with E-state index in [0.29, 0.717) is 0 Å². The van der Waals surface area contributed by atoms with Crippen molar-refractivity contribution in [2.45, 2.75) is 6.68 Å². The van der Waals surface area contributed by atoms with Crippen molar-refractivity contribution in [2.24, 2.45) is 0 Å².